The number of nitrogens with zero attached hydrogens (tertiary/aromatic N) is 4. The first-order chi connectivity index (χ1) is 16.7. The molecule has 1 aliphatic rings. The number of aliphatic hydroxyl groups excluding tert-OH is 2. The molecule has 35 heavy (non-hydrogen) atoms. The van der Waals surface area contributed by atoms with E-state index in [-0.39, 0.29) is 24.1 Å². The molecule has 0 spiro atoms. The minimum Gasteiger partial charge on any atom is -0.395 e. The van der Waals surface area contributed by atoms with Crippen LogP contribution in [0.4, 0.5) is 14.7 Å². The number of allylic oxidation sites excluding steroid dienone is 3. The highest BCUT2D eigenvalue weighted by atomic mass is 32.1. The summed E-state index contributed by atoms with van der Waals surface area (Å²) >= 11 is 2.56. The molecule has 1 atom stereocenters. The summed E-state index contributed by atoms with van der Waals surface area (Å²) in [6, 6.07) is 0. The first-order valence-corrected chi connectivity index (χ1v) is 12.9. The summed E-state index contributed by atoms with van der Waals surface area (Å²) in [5.41, 5.74) is -0.620. The number of halogens is 1. The van der Waals surface area contributed by atoms with Crippen molar-refractivity contribution in [2.24, 2.45) is 11.3 Å². The summed E-state index contributed by atoms with van der Waals surface area (Å²) in [5, 5.41) is 42.3. The van der Waals surface area contributed by atoms with Gasteiger partial charge >= 0.3 is 0 Å². The van der Waals surface area contributed by atoms with Crippen molar-refractivity contribution >= 4 is 44.8 Å². The molecule has 0 saturated carbocycles. The van der Waals surface area contributed by atoms with E-state index in [4.69, 9.17) is 0 Å². The number of amides is 2. The maximum Gasteiger partial charge on any atom is 0.236 e. The van der Waals surface area contributed by atoms with Crippen molar-refractivity contribution in [1.29, 1.82) is 0 Å². The topological polar surface area (TPSA) is 150 Å². The zero-order chi connectivity index (χ0) is 25.4. The Hall–Kier alpha value is -2.61. The number of unbranched alkanes of at least 4 members (excludes halogenated alkanes) is 1. The van der Waals surface area contributed by atoms with E-state index in [1.165, 1.54) is 35.7 Å². The van der Waals surface area contributed by atoms with Gasteiger partial charge in [-0.25, -0.2) is 4.39 Å². The number of nitrogens with one attached hydrogen (secondary N) is 2. The first-order valence-electron chi connectivity index (χ1n) is 11.3. The lowest BCUT2D eigenvalue weighted by atomic mass is 9.92. The second-order valence-corrected chi connectivity index (χ2v) is 10.9. The zero-order valence-corrected chi connectivity index (χ0v) is 21.2. The highest BCUT2D eigenvalue weighted by molar-refractivity contribution is 7.15. The van der Waals surface area contributed by atoms with Crippen molar-refractivity contribution < 1.29 is 24.2 Å². The Balaban J connectivity index is 1.39. The zero-order valence-electron chi connectivity index (χ0n) is 19.6. The van der Waals surface area contributed by atoms with Crippen LogP contribution in [-0.4, -0.2) is 55.6 Å². The van der Waals surface area contributed by atoms with Gasteiger partial charge < -0.3 is 15.5 Å². The fraction of sp³-hybridized carbons (Fsp3) is 0.545. The Morgan fingerprint density at radius 3 is 2.17 bits per heavy atom. The summed E-state index contributed by atoms with van der Waals surface area (Å²) in [7, 11) is 0. The van der Waals surface area contributed by atoms with Crippen LogP contribution >= 0.6 is 22.7 Å². The van der Waals surface area contributed by atoms with Gasteiger partial charge in [0.2, 0.25) is 22.1 Å². The lowest BCUT2D eigenvalue weighted by Crippen LogP contribution is -2.39. The van der Waals surface area contributed by atoms with Crippen LogP contribution in [-0.2, 0) is 22.4 Å². The fourth-order valence-corrected chi connectivity index (χ4v) is 4.88. The minimum absolute atomic E-state index is 0.0785. The van der Waals surface area contributed by atoms with E-state index < -0.39 is 24.5 Å². The molecule has 0 fully saturated rings. The van der Waals surface area contributed by atoms with E-state index in [1.54, 1.807) is 0 Å². The molecule has 0 radical (unpaired) electrons. The van der Waals surface area contributed by atoms with Crippen LogP contribution in [0, 0.1) is 11.3 Å². The average Bonchev–Trinajstić information content (AvgIpc) is 3.44. The smallest absolute Gasteiger partial charge is 0.236 e. The van der Waals surface area contributed by atoms with Gasteiger partial charge in [-0.3, -0.25) is 14.9 Å². The summed E-state index contributed by atoms with van der Waals surface area (Å²) in [5.74, 6) is -0.899. The molecule has 190 valence electrons. The monoisotopic (exact) mass is 524 g/mol. The van der Waals surface area contributed by atoms with Crippen LogP contribution in [0.2, 0.25) is 0 Å². The number of aromatic nitrogens is 4. The molecule has 10 nitrogen and oxygen atoms in total. The van der Waals surface area contributed by atoms with Gasteiger partial charge in [-0.2, -0.15) is 0 Å². The molecule has 4 N–H and O–H groups in total. The highest BCUT2D eigenvalue weighted by Gasteiger charge is 2.32. The lowest BCUT2D eigenvalue weighted by molar-refractivity contribution is -0.129. The van der Waals surface area contributed by atoms with Gasteiger partial charge in [0.1, 0.15) is 15.8 Å². The van der Waals surface area contributed by atoms with E-state index in [0.717, 1.165) is 22.9 Å². The number of aliphatic hydroxyl groups is 2. The van der Waals surface area contributed by atoms with Crippen molar-refractivity contribution in [3.05, 3.63) is 33.6 Å². The van der Waals surface area contributed by atoms with Gasteiger partial charge in [0.15, 0.2) is 0 Å². The van der Waals surface area contributed by atoms with E-state index in [9.17, 15) is 24.2 Å². The van der Waals surface area contributed by atoms with Crippen molar-refractivity contribution in [2.75, 3.05) is 23.8 Å². The van der Waals surface area contributed by atoms with Crippen LogP contribution in [0.3, 0.4) is 0 Å². The molecule has 0 saturated heterocycles. The third-order valence-electron chi connectivity index (χ3n) is 5.40. The van der Waals surface area contributed by atoms with Gasteiger partial charge in [-0.1, -0.05) is 35.7 Å². The van der Waals surface area contributed by atoms with Gasteiger partial charge in [-0.15, -0.1) is 20.4 Å². The normalized spacial score (nSPS) is 16.0. The SMILES string of the molecule is CC1C=C(CC(=O)Nc2nnc(CCCCc3nnc(NC(=O)C(C)(CO)CO)s3)s2)C=C(F)C1. The van der Waals surface area contributed by atoms with Gasteiger partial charge in [-0.05, 0) is 37.3 Å². The largest absolute Gasteiger partial charge is 0.395 e. The van der Waals surface area contributed by atoms with Crippen LogP contribution in [0.5, 0.6) is 0 Å². The molecule has 13 heteroatoms. The molecular formula is C22H29FN6O4S2. The average molecular weight is 525 g/mol. The Morgan fingerprint density at radius 1 is 1.06 bits per heavy atom. The predicted molar refractivity (Wildman–Crippen MR) is 132 cm³/mol. The van der Waals surface area contributed by atoms with E-state index in [1.807, 2.05) is 13.0 Å². The Morgan fingerprint density at radius 2 is 1.63 bits per heavy atom. The highest BCUT2D eigenvalue weighted by Crippen LogP contribution is 2.26. The molecular weight excluding hydrogens is 495 g/mol. The van der Waals surface area contributed by atoms with Gasteiger partial charge in [0.05, 0.1) is 25.0 Å². The number of carbonyl (C=O) groups excluding carboxylic acids is 2. The fourth-order valence-electron chi connectivity index (χ4n) is 3.30. The standard InChI is InChI=1S/C22H29FN6O4S2/c1-13-7-14(9-15(23)8-13)10-16(32)24-20-28-26-17(34-20)5-3-4-6-18-27-29-21(35-18)25-19(33)22(2,11-30)12-31/h7,9,13,30-31H,3-6,8,10-12H2,1-2H3,(H,24,28,32)(H,25,29,33). The number of hydrogen-bond acceptors (Lipinski definition) is 10. The molecule has 1 unspecified atom stereocenters. The number of hydrogen-bond donors (Lipinski definition) is 4. The number of aryl methyl sites for hydroxylation is 2. The second-order valence-electron chi connectivity index (χ2n) is 8.78. The Labute approximate surface area is 210 Å². The molecule has 0 bridgehead atoms. The van der Waals surface area contributed by atoms with Crippen molar-refractivity contribution in [2.45, 2.75) is 52.4 Å². The van der Waals surface area contributed by atoms with Gasteiger partial charge in [0.25, 0.3) is 0 Å². The van der Waals surface area contributed by atoms with E-state index >= 15 is 0 Å². The summed E-state index contributed by atoms with van der Waals surface area (Å²) in [4.78, 5) is 24.4. The number of rotatable bonds is 12. The Bertz CT molecular complexity index is 1100. The molecule has 2 aromatic rings. The second kappa shape index (κ2) is 12.4. The van der Waals surface area contributed by atoms with Crippen molar-refractivity contribution in [3.63, 3.8) is 0 Å². The molecule has 2 amide bonds. The van der Waals surface area contributed by atoms with Crippen LogP contribution in [0.25, 0.3) is 0 Å². The molecule has 1 aliphatic carbocycles. The summed E-state index contributed by atoms with van der Waals surface area (Å²) in [6.45, 7) is 2.41. The maximum atomic E-state index is 13.6. The lowest BCUT2D eigenvalue weighted by Gasteiger charge is -2.22. The van der Waals surface area contributed by atoms with Crippen molar-refractivity contribution in [1.82, 2.24) is 20.4 Å². The maximum absolute atomic E-state index is 13.6. The molecule has 3 rings (SSSR count). The number of carbonyl (C=O) groups is 2. The van der Waals surface area contributed by atoms with Crippen molar-refractivity contribution in [3.8, 4) is 0 Å². The summed E-state index contributed by atoms with van der Waals surface area (Å²) < 4.78 is 13.6. The third-order valence-corrected chi connectivity index (χ3v) is 7.20. The molecule has 0 aromatic carbocycles. The molecule has 0 aliphatic heterocycles. The van der Waals surface area contributed by atoms with E-state index in [2.05, 4.69) is 31.0 Å². The Kier molecular flexibility index (Phi) is 9.55. The summed E-state index contributed by atoms with van der Waals surface area (Å²) in [6.07, 6.45) is 6.80. The number of anilines is 2. The molecule has 2 heterocycles. The first kappa shape index (κ1) is 27.0. The minimum atomic E-state index is -1.29. The van der Waals surface area contributed by atoms with Crippen LogP contribution in [0.1, 0.15) is 49.5 Å². The predicted octanol–water partition coefficient (Wildman–Crippen LogP) is 3.03. The van der Waals surface area contributed by atoms with E-state index in [0.29, 0.717) is 35.1 Å². The van der Waals surface area contributed by atoms with Crippen LogP contribution < -0.4 is 10.6 Å². The quantitative estimate of drug-likeness (QED) is 0.310. The van der Waals surface area contributed by atoms with Gasteiger partial charge in [0, 0.05) is 19.3 Å². The third kappa shape index (κ3) is 7.95. The molecule has 2 aromatic heterocycles. The van der Waals surface area contributed by atoms with Crippen LogP contribution in [0.15, 0.2) is 23.6 Å².